The number of anilines is 2. The molecule has 3 nitrogen and oxygen atoms in total. The van der Waals surface area contributed by atoms with Crippen LogP contribution in [0.4, 0.5) is 20.4 Å². The van der Waals surface area contributed by atoms with Crippen LogP contribution in [0.25, 0.3) is 0 Å². The van der Waals surface area contributed by atoms with Gasteiger partial charge >= 0.3 is 0 Å². The van der Waals surface area contributed by atoms with Crippen molar-refractivity contribution in [3.8, 4) is 0 Å². The Hall–Kier alpha value is -1.39. The quantitative estimate of drug-likeness (QED) is 0.883. The van der Waals surface area contributed by atoms with Crippen molar-refractivity contribution in [2.45, 2.75) is 52.0 Å². The minimum atomic E-state index is -0.629. The van der Waals surface area contributed by atoms with Crippen LogP contribution in [0.5, 0.6) is 0 Å². The van der Waals surface area contributed by atoms with Gasteiger partial charge in [0.1, 0.15) is 0 Å². The van der Waals surface area contributed by atoms with E-state index in [0.29, 0.717) is 6.54 Å². The number of hydrogen-bond donors (Lipinski definition) is 1. The van der Waals surface area contributed by atoms with Crippen LogP contribution in [0.2, 0.25) is 0 Å². The number of nitrogens with one attached hydrogen (secondary N) is 1. The van der Waals surface area contributed by atoms with Crippen LogP contribution in [-0.2, 0) is 0 Å². The van der Waals surface area contributed by atoms with Gasteiger partial charge in [-0.15, -0.1) is 0 Å². The van der Waals surface area contributed by atoms with Crippen LogP contribution >= 0.6 is 0 Å². The molecule has 0 unspecified atom stereocenters. The summed E-state index contributed by atoms with van der Waals surface area (Å²) in [7, 11) is 1.85. The van der Waals surface area contributed by atoms with Crippen molar-refractivity contribution in [1.82, 2.24) is 4.98 Å². The lowest BCUT2D eigenvalue weighted by atomic mass is 9.87. The third kappa shape index (κ3) is 3.83. The molecule has 1 heterocycles. The molecule has 2 rings (SSSR count). The van der Waals surface area contributed by atoms with Gasteiger partial charge in [-0.2, -0.15) is 0 Å². The fraction of sp³-hybridized carbons (Fsp3) is 0.688. The highest BCUT2D eigenvalue weighted by Crippen LogP contribution is 2.30. The molecule has 118 valence electrons. The lowest BCUT2D eigenvalue weighted by Gasteiger charge is -2.34. The summed E-state index contributed by atoms with van der Waals surface area (Å²) in [5, 5.41) is 2.92. The normalized spacial score (nSPS) is 22.1. The maximum Gasteiger partial charge on any atom is 0.168 e. The highest BCUT2D eigenvalue weighted by atomic mass is 19.1. The van der Waals surface area contributed by atoms with Crippen LogP contribution in [-0.4, -0.2) is 24.6 Å². The molecule has 1 fully saturated rings. The van der Waals surface area contributed by atoms with Crippen molar-refractivity contribution < 1.29 is 8.78 Å². The Bertz CT molecular complexity index is 471. The average molecular weight is 297 g/mol. The molecule has 0 aromatic carbocycles. The minimum absolute atomic E-state index is 0.143. The smallest absolute Gasteiger partial charge is 0.168 e. The molecule has 0 saturated heterocycles. The van der Waals surface area contributed by atoms with E-state index in [1.807, 2.05) is 18.9 Å². The summed E-state index contributed by atoms with van der Waals surface area (Å²) in [4.78, 5) is 6.04. The van der Waals surface area contributed by atoms with Crippen molar-refractivity contribution in [2.24, 2.45) is 5.92 Å². The number of nitrogens with zero attached hydrogens (tertiary/aromatic N) is 2. The Kier molecular flexibility index (Phi) is 5.37. The van der Waals surface area contributed by atoms with Crippen LogP contribution in [0.15, 0.2) is 6.07 Å². The summed E-state index contributed by atoms with van der Waals surface area (Å²) in [5.74, 6) is -0.0904. The zero-order chi connectivity index (χ0) is 15.4. The van der Waals surface area contributed by atoms with Crippen LogP contribution < -0.4 is 10.2 Å². The fourth-order valence-electron chi connectivity index (χ4n) is 2.87. The molecule has 1 N–H and O–H groups in total. The predicted octanol–water partition coefficient (Wildman–Crippen LogP) is 4.20. The van der Waals surface area contributed by atoms with Crippen LogP contribution in [0.3, 0.4) is 0 Å². The number of rotatable bonds is 5. The first-order valence-corrected chi connectivity index (χ1v) is 7.85. The topological polar surface area (TPSA) is 28.2 Å². The van der Waals surface area contributed by atoms with Gasteiger partial charge < -0.3 is 10.2 Å². The van der Waals surface area contributed by atoms with Crippen LogP contribution in [0.1, 0.15) is 46.0 Å². The van der Waals surface area contributed by atoms with Gasteiger partial charge in [0.25, 0.3) is 0 Å². The van der Waals surface area contributed by atoms with E-state index in [4.69, 9.17) is 0 Å². The first kappa shape index (κ1) is 16.0. The molecule has 1 aliphatic carbocycles. The van der Waals surface area contributed by atoms with E-state index in [2.05, 4.69) is 17.2 Å². The zero-order valence-corrected chi connectivity index (χ0v) is 13.1. The maximum atomic E-state index is 14.1. The number of hydrogen-bond acceptors (Lipinski definition) is 3. The Morgan fingerprint density at radius 2 is 1.90 bits per heavy atom. The molecule has 1 aromatic rings. The summed E-state index contributed by atoms with van der Waals surface area (Å²) in [6.07, 6.45) is 5.24. The summed E-state index contributed by atoms with van der Waals surface area (Å²) in [6, 6.07) is 1.22. The minimum Gasteiger partial charge on any atom is -0.368 e. The van der Waals surface area contributed by atoms with E-state index in [0.717, 1.165) is 44.1 Å². The third-order valence-corrected chi connectivity index (χ3v) is 4.32. The van der Waals surface area contributed by atoms with Crippen molar-refractivity contribution in [1.29, 1.82) is 0 Å². The zero-order valence-electron chi connectivity index (χ0n) is 13.1. The second kappa shape index (κ2) is 7.05. The second-order valence-electron chi connectivity index (χ2n) is 6.08. The standard InChI is InChI=1S/C16H25F2N3/c1-4-9-19-15-13(17)10-14(18)16(20-15)21(3)12-7-5-11(2)6-8-12/h10-12H,4-9H2,1-3H3,(H,19,20). The summed E-state index contributed by atoms with van der Waals surface area (Å²) in [5.41, 5.74) is 0. The maximum absolute atomic E-state index is 14.1. The molecule has 0 amide bonds. The Morgan fingerprint density at radius 3 is 2.52 bits per heavy atom. The Labute approximate surface area is 125 Å². The fourth-order valence-corrected chi connectivity index (χ4v) is 2.87. The van der Waals surface area contributed by atoms with Crippen LogP contribution in [0, 0.1) is 17.6 Å². The van der Waals surface area contributed by atoms with E-state index < -0.39 is 11.6 Å². The molecule has 21 heavy (non-hydrogen) atoms. The molecule has 0 aliphatic heterocycles. The second-order valence-corrected chi connectivity index (χ2v) is 6.08. The monoisotopic (exact) mass is 297 g/mol. The first-order valence-electron chi connectivity index (χ1n) is 7.85. The van der Waals surface area contributed by atoms with E-state index in [9.17, 15) is 8.78 Å². The predicted molar refractivity (Wildman–Crippen MR) is 82.8 cm³/mol. The van der Waals surface area contributed by atoms with Gasteiger partial charge in [0.2, 0.25) is 0 Å². The third-order valence-electron chi connectivity index (χ3n) is 4.32. The average Bonchev–Trinajstić information content (AvgIpc) is 2.46. The van der Waals surface area contributed by atoms with E-state index >= 15 is 0 Å². The molecule has 0 bridgehead atoms. The van der Waals surface area contributed by atoms with E-state index in [1.54, 1.807) is 0 Å². The molecule has 0 spiro atoms. The lowest BCUT2D eigenvalue weighted by molar-refractivity contribution is 0.338. The van der Waals surface area contributed by atoms with Crippen molar-refractivity contribution in [3.05, 3.63) is 17.7 Å². The molecular weight excluding hydrogens is 272 g/mol. The summed E-state index contributed by atoms with van der Waals surface area (Å²) in [6.45, 7) is 4.87. The van der Waals surface area contributed by atoms with E-state index in [1.165, 1.54) is 0 Å². The highest BCUT2D eigenvalue weighted by Gasteiger charge is 2.25. The number of aromatic nitrogens is 1. The first-order chi connectivity index (χ1) is 10.0. The van der Waals surface area contributed by atoms with Crippen molar-refractivity contribution in [3.63, 3.8) is 0 Å². The Balaban J connectivity index is 2.17. The molecule has 1 aromatic heterocycles. The molecular formula is C16H25F2N3. The summed E-state index contributed by atoms with van der Waals surface area (Å²) >= 11 is 0. The van der Waals surface area contributed by atoms with E-state index in [-0.39, 0.29) is 17.7 Å². The SMILES string of the molecule is CCCNc1nc(N(C)C2CCC(C)CC2)c(F)cc1F. The number of pyridine rings is 1. The molecule has 1 saturated carbocycles. The van der Waals surface area contributed by atoms with Crippen molar-refractivity contribution >= 4 is 11.6 Å². The highest BCUT2D eigenvalue weighted by molar-refractivity contribution is 5.49. The molecule has 0 atom stereocenters. The lowest BCUT2D eigenvalue weighted by Crippen LogP contribution is -2.36. The van der Waals surface area contributed by atoms with Gasteiger partial charge in [0.15, 0.2) is 23.3 Å². The summed E-state index contributed by atoms with van der Waals surface area (Å²) < 4.78 is 27.8. The molecule has 0 radical (unpaired) electrons. The van der Waals surface area contributed by atoms with Gasteiger partial charge in [-0.05, 0) is 38.0 Å². The number of halogens is 2. The van der Waals surface area contributed by atoms with Gasteiger partial charge in [-0.25, -0.2) is 13.8 Å². The molecule has 5 heteroatoms. The molecule has 1 aliphatic rings. The van der Waals surface area contributed by atoms with Gasteiger partial charge in [0.05, 0.1) is 0 Å². The van der Waals surface area contributed by atoms with Gasteiger partial charge in [-0.3, -0.25) is 0 Å². The largest absolute Gasteiger partial charge is 0.368 e. The van der Waals surface area contributed by atoms with Gasteiger partial charge in [0, 0.05) is 25.7 Å². The Morgan fingerprint density at radius 1 is 1.24 bits per heavy atom. The van der Waals surface area contributed by atoms with Gasteiger partial charge in [-0.1, -0.05) is 13.8 Å². The van der Waals surface area contributed by atoms with Crippen molar-refractivity contribution in [2.75, 3.05) is 23.8 Å².